The van der Waals surface area contributed by atoms with Crippen LogP contribution >= 0.6 is 0 Å². The minimum absolute atomic E-state index is 0.0550. The van der Waals surface area contributed by atoms with Gasteiger partial charge in [0, 0.05) is 5.87 Å². The van der Waals surface area contributed by atoms with Crippen LogP contribution in [-0.2, 0) is 0 Å². The van der Waals surface area contributed by atoms with Crippen molar-refractivity contribution in [3.63, 3.8) is 0 Å². The van der Waals surface area contributed by atoms with Crippen LogP contribution in [0, 0.1) is 22.1 Å². The number of imidazole rings is 1. The van der Waals surface area contributed by atoms with Crippen molar-refractivity contribution >= 4 is 17.5 Å². The Kier molecular flexibility index (Phi) is 1.86. The molecule has 0 aliphatic carbocycles. The minimum atomic E-state index is -0.0843. The van der Waals surface area contributed by atoms with Crippen LogP contribution in [-0.4, -0.2) is 21.3 Å². The normalized spacial score (nSPS) is 13.5. The molecule has 8 heteroatoms. The van der Waals surface area contributed by atoms with E-state index < -0.39 is 0 Å². The first-order valence-corrected chi connectivity index (χ1v) is 3.81. The van der Waals surface area contributed by atoms with Crippen LogP contribution in [0.25, 0.3) is 0 Å². The van der Waals surface area contributed by atoms with Gasteiger partial charge in [-0.15, -0.1) is 5.11 Å². The molecule has 0 spiro atoms. The lowest BCUT2D eigenvalue weighted by atomic mass is 10.4. The van der Waals surface area contributed by atoms with Gasteiger partial charge in [0.15, 0.2) is 17.2 Å². The number of hydrogen-bond acceptors (Lipinski definition) is 7. The largest absolute Gasteiger partial charge is 0.282 e. The van der Waals surface area contributed by atoms with E-state index in [1.54, 1.807) is 0 Å². The van der Waals surface area contributed by atoms with Crippen LogP contribution in [0.2, 0.25) is 0 Å². The molecule has 0 saturated heterocycles. The second-order valence-electron chi connectivity index (χ2n) is 2.56. The topological polar surface area (TPSA) is 126 Å². The predicted octanol–water partition coefficient (Wildman–Crippen LogP) is 0.314. The molecule has 8 nitrogen and oxygen atoms in total. The molecule has 3 N–H and O–H groups in total. The summed E-state index contributed by atoms with van der Waals surface area (Å²) in [5.41, 5.74) is 2.49. The van der Waals surface area contributed by atoms with E-state index in [1.807, 2.05) is 11.9 Å². The summed E-state index contributed by atoms with van der Waals surface area (Å²) in [4.78, 5) is 3.75. The molecule has 1 aromatic heterocycles. The van der Waals surface area contributed by atoms with E-state index >= 15 is 0 Å². The standard InChI is InChI=1S/C7H4N8/c8-1-4-6(10)15-3-11-5(2-9)7(15)13-14-12-4/h3,8,10H,(H,12,13). The van der Waals surface area contributed by atoms with Gasteiger partial charge in [-0.25, -0.2) is 10.4 Å². The van der Waals surface area contributed by atoms with E-state index in [-0.39, 0.29) is 23.0 Å². The average molecular weight is 200 g/mol. The molecule has 0 aromatic carbocycles. The number of fused-ring (bicyclic) bond motifs is 1. The van der Waals surface area contributed by atoms with E-state index in [0.717, 1.165) is 0 Å². The maximum Gasteiger partial charge on any atom is 0.200 e. The predicted molar refractivity (Wildman–Crippen MR) is 49.0 cm³/mol. The van der Waals surface area contributed by atoms with Crippen molar-refractivity contribution in [1.82, 2.24) is 15.0 Å². The van der Waals surface area contributed by atoms with Gasteiger partial charge in [0.05, 0.1) is 0 Å². The van der Waals surface area contributed by atoms with Crippen LogP contribution in [0.15, 0.2) is 22.4 Å². The van der Waals surface area contributed by atoms with Gasteiger partial charge in [0.25, 0.3) is 0 Å². The van der Waals surface area contributed by atoms with Crippen molar-refractivity contribution in [2.45, 2.75) is 0 Å². The number of rotatable bonds is 0. The number of nitrogens with zero attached hydrogens (tertiary/aromatic N) is 5. The first-order valence-electron chi connectivity index (χ1n) is 3.81. The van der Waals surface area contributed by atoms with Gasteiger partial charge in [0.1, 0.15) is 12.4 Å². The fourth-order valence-corrected chi connectivity index (χ4v) is 1.06. The van der Waals surface area contributed by atoms with Crippen LogP contribution in [0.3, 0.4) is 0 Å². The summed E-state index contributed by atoms with van der Waals surface area (Å²) in [7, 11) is 0. The van der Waals surface area contributed by atoms with Gasteiger partial charge in [-0.2, -0.15) is 5.26 Å². The molecule has 0 atom stereocenters. The molecule has 2 heterocycles. The highest BCUT2D eigenvalue weighted by atomic mass is 15.5. The summed E-state index contributed by atoms with van der Waals surface area (Å²) in [6.45, 7) is 0. The smallest absolute Gasteiger partial charge is 0.200 e. The van der Waals surface area contributed by atoms with Gasteiger partial charge >= 0.3 is 0 Å². The first kappa shape index (κ1) is 8.80. The number of nitriles is 1. The van der Waals surface area contributed by atoms with Crippen LogP contribution in [0.1, 0.15) is 5.69 Å². The highest BCUT2D eigenvalue weighted by Crippen LogP contribution is 2.20. The van der Waals surface area contributed by atoms with Crippen molar-refractivity contribution in [1.29, 1.82) is 16.1 Å². The monoisotopic (exact) mass is 200 g/mol. The first-order chi connectivity index (χ1) is 7.27. The molecular weight excluding hydrogens is 196 g/mol. The lowest BCUT2D eigenvalue weighted by molar-refractivity contribution is 0.861. The zero-order chi connectivity index (χ0) is 10.8. The maximum atomic E-state index is 8.71. The van der Waals surface area contributed by atoms with Crippen molar-refractivity contribution in [2.75, 3.05) is 0 Å². The Hall–Kier alpha value is -2.78. The Bertz CT molecular complexity index is 550. The summed E-state index contributed by atoms with van der Waals surface area (Å²) in [6, 6.07) is 1.83. The SMILES string of the molecule is N#Cc1ncn2c1N=NNC(=C=N)C2=N. The summed E-state index contributed by atoms with van der Waals surface area (Å²) in [5.74, 6) is 2.09. The molecule has 0 fully saturated rings. The van der Waals surface area contributed by atoms with E-state index in [9.17, 15) is 0 Å². The average Bonchev–Trinajstić information content (AvgIpc) is 2.59. The molecule has 0 amide bonds. The second-order valence-corrected chi connectivity index (χ2v) is 2.56. The van der Waals surface area contributed by atoms with Gasteiger partial charge in [-0.05, 0) is 0 Å². The van der Waals surface area contributed by atoms with E-state index in [4.69, 9.17) is 16.1 Å². The molecule has 0 radical (unpaired) electrons. The Balaban J connectivity index is 2.67. The second kappa shape index (κ2) is 3.17. The maximum absolute atomic E-state index is 8.71. The zero-order valence-electron chi connectivity index (χ0n) is 7.31. The lowest BCUT2D eigenvalue weighted by Crippen LogP contribution is -2.19. The highest BCUT2D eigenvalue weighted by molar-refractivity contribution is 6.05. The van der Waals surface area contributed by atoms with Crippen LogP contribution in [0.5, 0.6) is 0 Å². The van der Waals surface area contributed by atoms with Crippen molar-refractivity contribution in [3.8, 4) is 6.07 Å². The van der Waals surface area contributed by atoms with Gasteiger partial charge < -0.3 is 0 Å². The third-order valence-electron chi connectivity index (χ3n) is 1.76. The van der Waals surface area contributed by atoms with Crippen molar-refractivity contribution in [2.24, 2.45) is 10.3 Å². The van der Waals surface area contributed by atoms with Crippen LogP contribution in [0.4, 0.5) is 5.82 Å². The number of nitrogens with one attached hydrogen (secondary N) is 3. The molecule has 1 aliphatic rings. The Morgan fingerprint density at radius 1 is 1.53 bits per heavy atom. The van der Waals surface area contributed by atoms with E-state index in [2.05, 4.69) is 20.7 Å². The van der Waals surface area contributed by atoms with E-state index in [1.165, 1.54) is 10.9 Å². The molecule has 0 bridgehead atoms. The summed E-state index contributed by atoms with van der Waals surface area (Å²) in [6.07, 6.45) is 1.28. The van der Waals surface area contributed by atoms with Gasteiger partial charge in [-0.3, -0.25) is 15.4 Å². The fourth-order valence-electron chi connectivity index (χ4n) is 1.06. The summed E-state index contributed by atoms with van der Waals surface area (Å²) >= 11 is 0. The number of allylic oxidation sites excluding steroid dienone is 1. The number of aromatic nitrogens is 2. The minimum Gasteiger partial charge on any atom is -0.282 e. The fraction of sp³-hybridized carbons (Fsp3) is 0. The third-order valence-corrected chi connectivity index (χ3v) is 1.76. The quantitative estimate of drug-likeness (QED) is 0.521. The molecule has 1 aromatic rings. The Morgan fingerprint density at radius 3 is 3.00 bits per heavy atom. The zero-order valence-corrected chi connectivity index (χ0v) is 7.31. The highest BCUT2D eigenvalue weighted by Gasteiger charge is 2.19. The molecule has 72 valence electrons. The van der Waals surface area contributed by atoms with Gasteiger partial charge in [-0.1, -0.05) is 5.22 Å². The molecular formula is C7H4N8. The van der Waals surface area contributed by atoms with Crippen molar-refractivity contribution < 1.29 is 0 Å². The van der Waals surface area contributed by atoms with E-state index in [0.29, 0.717) is 0 Å². The lowest BCUT2D eigenvalue weighted by Gasteiger charge is -2.01. The molecule has 0 unspecified atom stereocenters. The molecule has 0 saturated carbocycles. The Morgan fingerprint density at radius 2 is 2.33 bits per heavy atom. The van der Waals surface area contributed by atoms with Crippen molar-refractivity contribution in [3.05, 3.63) is 17.7 Å². The molecule has 15 heavy (non-hydrogen) atoms. The molecule has 2 rings (SSSR count). The summed E-state index contributed by atoms with van der Waals surface area (Å²) < 4.78 is 1.25. The third kappa shape index (κ3) is 1.20. The Labute approximate surface area is 83.6 Å². The van der Waals surface area contributed by atoms with Crippen LogP contribution < -0.4 is 5.43 Å². The van der Waals surface area contributed by atoms with Gasteiger partial charge in [0.2, 0.25) is 5.82 Å². The molecule has 1 aliphatic heterocycles. The number of hydrogen-bond donors (Lipinski definition) is 3. The summed E-state index contributed by atoms with van der Waals surface area (Å²) in [5, 5.41) is 30.5.